The van der Waals surface area contributed by atoms with Crippen LogP contribution in [-0.2, 0) is 16.0 Å². The van der Waals surface area contributed by atoms with Crippen LogP contribution in [0, 0.1) is 5.92 Å². The number of hydrogen-bond acceptors (Lipinski definition) is 2. The highest BCUT2D eigenvalue weighted by atomic mass is 16.4. The van der Waals surface area contributed by atoms with E-state index >= 15 is 0 Å². The van der Waals surface area contributed by atoms with Gasteiger partial charge in [0.1, 0.15) is 6.21 Å². The molecule has 1 aromatic rings. The Morgan fingerprint density at radius 2 is 1.79 bits per heavy atom. The van der Waals surface area contributed by atoms with Gasteiger partial charge in [0.25, 0.3) is 5.91 Å². The molecule has 0 saturated carbocycles. The lowest BCUT2D eigenvalue weighted by atomic mass is 9.96. The molecule has 4 nitrogen and oxygen atoms in total. The highest BCUT2D eigenvalue weighted by molar-refractivity contribution is 6.24. The van der Waals surface area contributed by atoms with E-state index in [0.29, 0.717) is 12.1 Å². The molecule has 0 spiro atoms. The fraction of sp³-hybridized carbons (Fsp3) is 0.400. The van der Waals surface area contributed by atoms with Crippen LogP contribution < -0.4 is 0 Å². The molecule has 0 bridgehead atoms. The molecular formula is C15H19NO3. The molecule has 0 aliphatic heterocycles. The molecule has 102 valence electrons. The van der Waals surface area contributed by atoms with Crippen LogP contribution in [0.2, 0.25) is 0 Å². The van der Waals surface area contributed by atoms with Crippen LogP contribution in [0.3, 0.4) is 0 Å². The van der Waals surface area contributed by atoms with E-state index in [1.165, 1.54) is 5.56 Å². The average Bonchev–Trinajstić information content (AvgIpc) is 2.35. The van der Waals surface area contributed by atoms with E-state index in [4.69, 9.17) is 5.11 Å². The predicted molar refractivity (Wildman–Crippen MR) is 74.5 cm³/mol. The Balaban J connectivity index is 2.74. The van der Waals surface area contributed by atoms with Crippen molar-refractivity contribution in [3.05, 3.63) is 35.4 Å². The molecule has 1 aromatic carbocycles. The standard InChI is InChI=1S/C15H19NO3/c1-10(2)8-12-4-6-13(7-5-12)11(3)15(19)16-9-14(17)18/h4-7,9-11H,8H2,1-3H3,(H,17,18)/t11-/m1/s1. The van der Waals surface area contributed by atoms with Gasteiger partial charge in [-0.2, -0.15) is 0 Å². The molecule has 0 fully saturated rings. The monoisotopic (exact) mass is 261 g/mol. The third-order valence-electron chi connectivity index (χ3n) is 2.80. The lowest BCUT2D eigenvalue weighted by Gasteiger charge is -2.09. The first-order chi connectivity index (χ1) is 8.90. The summed E-state index contributed by atoms with van der Waals surface area (Å²) in [7, 11) is 0. The molecule has 1 N–H and O–H groups in total. The minimum atomic E-state index is -1.21. The number of hydrogen-bond donors (Lipinski definition) is 1. The lowest BCUT2D eigenvalue weighted by Crippen LogP contribution is -2.08. The number of carboxylic acid groups (broad SMARTS) is 1. The first kappa shape index (κ1) is 15.1. The third kappa shape index (κ3) is 5.04. The van der Waals surface area contributed by atoms with Gasteiger partial charge in [-0.25, -0.2) is 9.79 Å². The number of amides is 1. The predicted octanol–water partition coefficient (Wildman–Crippen LogP) is 2.67. The quantitative estimate of drug-likeness (QED) is 0.829. The van der Waals surface area contributed by atoms with Gasteiger partial charge in [0, 0.05) is 0 Å². The van der Waals surface area contributed by atoms with Gasteiger partial charge in [-0.1, -0.05) is 38.1 Å². The molecule has 0 unspecified atom stereocenters. The van der Waals surface area contributed by atoms with Gasteiger partial charge >= 0.3 is 5.97 Å². The van der Waals surface area contributed by atoms with Gasteiger partial charge in [0.05, 0.1) is 5.92 Å². The number of carbonyl (C=O) groups excluding carboxylic acids is 1. The minimum Gasteiger partial charge on any atom is -0.477 e. The molecule has 19 heavy (non-hydrogen) atoms. The lowest BCUT2D eigenvalue weighted by molar-refractivity contribution is -0.129. The fourth-order valence-electron chi connectivity index (χ4n) is 1.79. The second-order valence-corrected chi connectivity index (χ2v) is 5.00. The summed E-state index contributed by atoms with van der Waals surface area (Å²) < 4.78 is 0. The van der Waals surface area contributed by atoms with Crippen molar-refractivity contribution in [2.45, 2.75) is 33.1 Å². The van der Waals surface area contributed by atoms with Crippen LogP contribution in [0.4, 0.5) is 0 Å². The summed E-state index contributed by atoms with van der Waals surface area (Å²) in [6, 6.07) is 7.80. The number of nitrogens with zero attached hydrogens (tertiary/aromatic N) is 1. The van der Waals surface area contributed by atoms with E-state index in [9.17, 15) is 9.59 Å². The van der Waals surface area contributed by atoms with E-state index in [-0.39, 0.29) is 0 Å². The summed E-state index contributed by atoms with van der Waals surface area (Å²) in [5.41, 5.74) is 2.08. The third-order valence-corrected chi connectivity index (χ3v) is 2.80. The van der Waals surface area contributed by atoms with Crippen molar-refractivity contribution < 1.29 is 14.7 Å². The van der Waals surface area contributed by atoms with Crippen molar-refractivity contribution in [2.75, 3.05) is 0 Å². The summed E-state index contributed by atoms with van der Waals surface area (Å²) in [5.74, 6) is -1.50. The Morgan fingerprint density at radius 3 is 2.26 bits per heavy atom. The van der Waals surface area contributed by atoms with Gasteiger partial charge in [0.15, 0.2) is 0 Å². The number of benzene rings is 1. The van der Waals surface area contributed by atoms with Crippen LogP contribution in [-0.4, -0.2) is 23.2 Å². The Hall–Kier alpha value is -1.97. The second kappa shape index (κ2) is 6.83. The SMILES string of the molecule is CC(C)Cc1ccc([C@@H](C)C(=O)N=CC(=O)O)cc1. The van der Waals surface area contributed by atoms with Crippen LogP contribution in [0.1, 0.15) is 37.8 Å². The molecular weight excluding hydrogens is 242 g/mol. The molecule has 1 amide bonds. The summed E-state index contributed by atoms with van der Waals surface area (Å²) in [6.07, 6.45) is 1.63. The molecule has 1 atom stereocenters. The van der Waals surface area contributed by atoms with Gasteiger partial charge in [-0.05, 0) is 30.4 Å². The number of carboxylic acids is 1. The number of aliphatic carboxylic acids is 1. The number of aliphatic imine (C=N–C) groups is 1. The van der Waals surface area contributed by atoms with Crippen molar-refractivity contribution in [1.29, 1.82) is 0 Å². The summed E-state index contributed by atoms with van der Waals surface area (Å²) in [5, 5.41) is 8.43. The molecule has 1 rings (SSSR count). The van der Waals surface area contributed by atoms with Crippen LogP contribution in [0.5, 0.6) is 0 Å². The maximum absolute atomic E-state index is 11.6. The van der Waals surface area contributed by atoms with Crippen LogP contribution in [0.15, 0.2) is 29.3 Å². The van der Waals surface area contributed by atoms with E-state index in [1.54, 1.807) is 6.92 Å². The Morgan fingerprint density at radius 1 is 1.21 bits per heavy atom. The van der Waals surface area contributed by atoms with Gasteiger partial charge in [0.2, 0.25) is 0 Å². The molecule has 0 aliphatic rings. The van der Waals surface area contributed by atoms with Crippen LogP contribution in [0.25, 0.3) is 0 Å². The maximum Gasteiger partial charge on any atom is 0.347 e. The first-order valence-corrected chi connectivity index (χ1v) is 6.29. The van der Waals surface area contributed by atoms with E-state index in [2.05, 4.69) is 18.8 Å². The fourth-order valence-corrected chi connectivity index (χ4v) is 1.79. The van der Waals surface area contributed by atoms with Crippen LogP contribution >= 0.6 is 0 Å². The molecule has 4 heteroatoms. The highest BCUT2D eigenvalue weighted by Crippen LogP contribution is 2.18. The van der Waals surface area contributed by atoms with Crippen molar-refractivity contribution in [2.24, 2.45) is 10.9 Å². The second-order valence-electron chi connectivity index (χ2n) is 5.00. The zero-order valence-corrected chi connectivity index (χ0v) is 11.5. The highest BCUT2D eigenvalue weighted by Gasteiger charge is 2.14. The number of rotatable bonds is 5. The first-order valence-electron chi connectivity index (χ1n) is 6.29. The maximum atomic E-state index is 11.6. The van der Waals surface area contributed by atoms with E-state index in [1.807, 2.05) is 24.3 Å². The topological polar surface area (TPSA) is 66.7 Å². The summed E-state index contributed by atoms with van der Waals surface area (Å²) >= 11 is 0. The molecule has 0 aromatic heterocycles. The van der Waals surface area contributed by atoms with Crippen molar-refractivity contribution in [3.63, 3.8) is 0 Å². The molecule has 0 saturated heterocycles. The summed E-state index contributed by atoms with van der Waals surface area (Å²) in [6.45, 7) is 6.03. The summed E-state index contributed by atoms with van der Waals surface area (Å²) in [4.78, 5) is 25.4. The van der Waals surface area contributed by atoms with Crippen molar-refractivity contribution in [1.82, 2.24) is 0 Å². The number of carbonyl (C=O) groups is 2. The van der Waals surface area contributed by atoms with Gasteiger partial charge < -0.3 is 5.11 Å². The normalized spacial score (nSPS) is 12.8. The van der Waals surface area contributed by atoms with E-state index in [0.717, 1.165) is 12.0 Å². The molecule has 0 aliphatic carbocycles. The van der Waals surface area contributed by atoms with Gasteiger partial charge in [-0.15, -0.1) is 0 Å². The Bertz CT molecular complexity index is 475. The van der Waals surface area contributed by atoms with Crippen molar-refractivity contribution >= 4 is 18.1 Å². The Kier molecular flexibility index (Phi) is 5.42. The zero-order chi connectivity index (χ0) is 14.4. The minimum absolute atomic E-state index is 0.427. The van der Waals surface area contributed by atoms with Gasteiger partial charge in [-0.3, -0.25) is 4.79 Å². The molecule has 0 radical (unpaired) electrons. The smallest absolute Gasteiger partial charge is 0.347 e. The largest absolute Gasteiger partial charge is 0.477 e. The average molecular weight is 261 g/mol. The zero-order valence-electron chi connectivity index (χ0n) is 11.5. The Labute approximate surface area is 113 Å². The van der Waals surface area contributed by atoms with Crippen molar-refractivity contribution in [3.8, 4) is 0 Å². The van der Waals surface area contributed by atoms with E-state index < -0.39 is 17.8 Å². The molecule has 0 heterocycles.